The van der Waals surface area contributed by atoms with Crippen LogP contribution in [-0.4, -0.2) is 4.98 Å². The number of aryl methyl sites for hydroxylation is 1. The first-order chi connectivity index (χ1) is 10.3. The summed E-state index contributed by atoms with van der Waals surface area (Å²) in [6.45, 7) is 9.95. The summed E-state index contributed by atoms with van der Waals surface area (Å²) in [5.41, 5.74) is 3.24. The fourth-order valence-corrected chi connectivity index (χ4v) is 1.49. The van der Waals surface area contributed by atoms with Gasteiger partial charge < -0.3 is 0 Å². The molecule has 0 aliphatic rings. The zero-order valence-electron chi connectivity index (χ0n) is 13.4. The van der Waals surface area contributed by atoms with Gasteiger partial charge in [0.15, 0.2) is 0 Å². The second-order valence-electron chi connectivity index (χ2n) is 3.66. The molecule has 2 heteroatoms. The third-order valence-corrected chi connectivity index (χ3v) is 2.21. The molecule has 1 heterocycles. The van der Waals surface area contributed by atoms with Crippen molar-refractivity contribution in [2.75, 3.05) is 0 Å². The standard InChI is InChI=1S/C15H10N2.2C2H6/c1-12-8-13(10-14(9-12)11-16)5-6-15-4-2-3-7-17-15;2*1-2/h2-4,7-10H,1H3;2*1-2H3. The van der Waals surface area contributed by atoms with Gasteiger partial charge in [-0.25, -0.2) is 4.98 Å². The highest BCUT2D eigenvalue weighted by Gasteiger charge is 1.95. The number of pyridine rings is 1. The van der Waals surface area contributed by atoms with Gasteiger partial charge in [0.25, 0.3) is 0 Å². The Morgan fingerprint density at radius 1 is 0.905 bits per heavy atom. The van der Waals surface area contributed by atoms with Crippen LogP contribution in [0.4, 0.5) is 0 Å². The highest BCUT2D eigenvalue weighted by Crippen LogP contribution is 2.07. The molecule has 0 fully saturated rings. The Labute approximate surface area is 128 Å². The van der Waals surface area contributed by atoms with Crippen molar-refractivity contribution in [3.05, 3.63) is 65.0 Å². The average Bonchev–Trinajstić information content (AvgIpc) is 2.57. The Morgan fingerprint density at radius 3 is 2.14 bits per heavy atom. The molecule has 0 saturated carbocycles. The smallest absolute Gasteiger partial charge is 0.113 e. The van der Waals surface area contributed by atoms with Gasteiger partial charge in [0.1, 0.15) is 5.69 Å². The lowest BCUT2D eigenvalue weighted by Crippen LogP contribution is -1.83. The van der Waals surface area contributed by atoms with Gasteiger partial charge >= 0.3 is 0 Å². The fourth-order valence-electron chi connectivity index (χ4n) is 1.49. The summed E-state index contributed by atoms with van der Waals surface area (Å²) in [6.07, 6.45) is 1.71. The molecule has 0 bridgehead atoms. The summed E-state index contributed by atoms with van der Waals surface area (Å²) in [5, 5.41) is 8.86. The molecule has 1 aromatic carbocycles. The predicted octanol–water partition coefficient (Wildman–Crippen LogP) is 4.71. The van der Waals surface area contributed by atoms with E-state index < -0.39 is 0 Å². The maximum absolute atomic E-state index is 8.86. The first kappa shape index (κ1) is 18.4. The summed E-state index contributed by atoms with van der Waals surface area (Å²) >= 11 is 0. The third kappa shape index (κ3) is 6.95. The van der Waals surface area contributed by atoms with E-state index in [-0.39, 0.29) is 0 Å². The zero-order valence-corrected chi connectivity index (χ0v) is 13.4. The lowest BCUT2D eigenvalue weighted by molar-refractivity contribution is 1.29. The molecule has 2 rings (SSSR count). The van der Waals surface area contributed by atoms with Crippen molar-refractivity contribution in [2.24, 2.45) is 0 Å². The molecule has 0 spiro atoms. The quantitative estimate of drug-likeness (QED) is 0.654. The van der Waals surface area contributed by atoms with Crippen LogP contribution in [0.25, 0.3) is 0 Å². The Bertz CT molecular complexity index is 626. The molecular formula is C19H22N2. The summed E-state index contributed by atoms with van der Waals surface area (Å²) < 4.78 is 0. The number of hydrogen-bond donors (Lipinski definition) is 0. The van der Waals surface area contributed by atoms with Gasteiger partial charge in [0, 0.05) is 11.8 Å². The first-order valence-corrected chi connectivity index (χ1v) is 7.23. The molecule has 21 heavy (non-hydrogen) atoms. The average molecular weight is 278 g/mol. The van der Waals surface area contributed by atoms with E-state index in [0.29, 0.717) is 5.56 Å². The van der Waals surface area contributed by atoms with Crippen LogP contribution in [0.2, 0.25) is 0 Å². The van der Waals surface area contributed by atoms with Gasteiger partial charge in [-0.3, -0.25) is 0 Å². The highest BCUT2D eigenvalue weighted by molar-refractivity contribution is 5.46. The van der Waals surface area contributed by atoms with Crippen molar-refractivity contribution >= 4 is 0 Å². The molecule has 108 valence electrons. The van der Waals surface area contributed by atoms with Crippen LogP contribution in [0.15, 0.2) is 42.6 Å². The number of rotatable bonds is 0. The number of nitriles is 1. The molecule has 2 aromatic rings. The Morgan fingerprint density at radius 2 is 1.57 bits per heavy atom. The van der Waals surface area contributed by atoms with Gasteiger partial charge in [0.05, 0.1) is 11.6 Å². The van der Waals surface area contributed by atoms with Crippen molar-refractivity contribution in [3.8, 4) is 17.9 Å². The maximum Gasteiger partial charge on any atom is 0.113 e. The summed E-state index contributed by atoms with van der Waals surface area (Å²) in [7, 11) is 0. The minimum atomic E-state index is 0.635. The van der Waals surface area contributed by atoms with Crippen LogP contribution in [-0.2, 0) is 0 Å². The Balaban J connectivity index is 0.000000921. The predicted molar refractivity (Wildman–Crippen MR) is 88.8 cm³/mol. The lowest BCUT2D eigenvalue weighted by atomic mass is 10.1. The second kappa shape index (κ2) is 11.3. The second-order valence-corrected chi connectivity index (χ2v) is 3.66. The molecule has 0 atom stereocenters. The van der Waals surface area contributed by atoms with Crippen LogP contribution in [0, 0.1) is 30.1 Å². The van der Waals surface area contributed by atoms with Gasteiger partial charge in [-0.1, -0.05) is 39.7 Å². The zero-order chi connectivity index (χ0) is 16.1. The molecule has 0 N–H and O–H groups in total. The highest BCUT2D eigenvalue weighted by atomic mass is 14.6. The van der Waals surface area contributed by atoms with E-state index in [1.807, 2.05) is 65.0 Å². The van der Waals surface area contributed by atoms with E-state index in [2.05, 4.69) is 22.9 Å². The Hall–Kier alpha value is -2.58. The van der Waals surface area contributed by atoms with Crippen molar-refractivity contribution in [1.29, 1.82) is 5.26 Å². The van der Waals surface area contributed by atoms with E-state index in [4.69, 9.17) is 5.26 Å². The number of aromatic nitrogens is 1. The van der Waals surface area contributed by atoms with Gasteiger partial charge in [-0.05, 0) is 48.7 Å². The molecule has 0 radical (unpaired) electrons. The fraction of sp³-hybridized carbons (Fsp3) is 0.263. The number of hydrogen-bond acceptors (Lipinski definition) is 2. The summed E-state index contributed by atoms with van der Waals surface area (Å²) in [4.78, 5) is 4.12. The van der Waals surface area contributed by atoms with Crippen LogP contribution in [0.1, 0.15) is 50.1 Å². The van der Waals surface area contributed by atoms with Crippen LogP contribution in [0.3, 0.4) is 0 Å². The van der Waals surface area contributed by atoms with Crippen molar-refractivity contribution in [2.45, 2.75) is 34.6 Å². The molecule has 2 nitrogen and oxygen atoms in total. The van der Waals surface area contributed by atoms with Gasteiger partial charge in [0.2, 0.25) is 0 Å². The topological polar surface area (TPSA) is 36.7 Å². The van der Waals surface area contributed by atoms with Crippen LogP contribution >= 0.6 is 0 Å². The Kier molecular flexibility index (Phi) is 9.88. The molecule has 0 aliphatic carbocycles. The monoisotopic (exact) mass is 278 g/mol. The van der Waals surface area contributed by atoms with Crippen molar-refractivity contribution in [1.82, 2.24) is 4.98 Å². The van der Waals surface area contributed by atoms with E-state index in [1.54, 1.807) is 12.3 Å². The van der Waals surface area contributed by atoms with E-state index in [1.165, 1.54) is 0 Å². The molecule has 1 aromatic heterocycles. The number of nitrogens with zero attached hydrogens (tertiary/aromatic N) is 2. The maximum atomic E-state index is 8.86. The van der Waals surface area contributed by atoms with E-state index >= 15 is 0 Å². The van der Waals surface area contributed by atoms with E-state index in [0.717, 1.165) is 16.8 Å². The van der Waals surface area contributed by atoms with Crippen molar-refractivity contribution in [3.63, 3.8) is 0 Å². The summed E-state index contributed by atoms with van der Waals surface area (Å²) in [5.74, 6) is 5.98. The molecule has 0 aliphatic heterocycles. The molecular weight excluding hydrogens is 256 g/mol. The minimum absolute atomic E-state index is 0.635. The molecule has 0 unspecified atom stereocenters. The van der Waals surface area contributed by atoms with Gasteiger partial charge in [-0.2, -0.15) is 5.26 Å². The first-order valence-electron chi connectivity index (χ1n) is 7.23. The SMILES string of the molecule is CC.CC.Cc1cc(C#N)cc(C#Cc2ccccn2)c1. The minimum Gasteiger partial charge on any atom is -0.248 e. The van der Waals surface area contributed by atoms with Crippen molar-refractivity contribution < 1.29 is 0 Å². The van der Waals surface area contributed by atoms with Crippen LogP contribution < -0.4 is 0 Å². The largest absolute Gasteiger partial charge is 0.248 e. The molecule has 0 amide bonds. The van der Waals surface area contributed by atoms with E-state index in [9.17, 15) is 0 Å². The van der Waals surface area contributed by atoms with Crippen LogP contribution in [0.5, 0.6) is 0 Å². The normalized spacial score (nSPS) is 7.81. The number of benzene rings is 1. The molecule has 0 saturated heterocycles. The lowest BCUT2D eigenvalue weighted by Gasteiger charge is -1.95. The van der Waals surface area contributed by atoms with Gasteiger partial charge in [-0.15, -0.1) is 0 Å². The summed E-state index contributed by atoms with van der Waals surface area (Å²) in [6, 6.07) is 13.3. The third-order valence-electron chi connectivity index (χ3n) is 2.21.